The number of hydrogen-bond acceptors (Lipinski definition) is 3. The second-order valence-electron chi connectivity index (χ2n) is 6.63. The number of halogens is 1. The highest BCUT2D eigenvalue weighted by Crippen LogP contribution is 2.34. The number of nitrogens with zero attached hydrogens (tertiary/aromatic N) is 1. The Labute approximate surface area is 158 Å². The monoisotopic (exact) mass is 371 g/mol. The van der Waals surface area contributed by atoms with Crippen molar-refractivity contribution in [2.75, 3.05) is 6.61 Å². The van der Waals surface area contributed by atoms with E-state index in [1.165, 1.54) is 6.92 Å². The van der Waals surface area contributed by atoms with Crippen LogP contribution in [0.4, 0.5) is 0 Å². The van der Waals surface area contributed by atoms with Gasteiger partial charge in [-0.1, -0.05) is 23.7 Å². The SMILES string of the molecule is CC(=O)c1ccc(OCC(=O)N(C2CC2)[C@H](C)c2ccc(Cl)cc2)cc1. The van der Waals surface area contributed by atoms with E-state index >= 15 is 0 Å². The van der Waals surface area contributed by atoms with E-state index in [-0.39, 0.29) is 30.4 Å². The molecule has 1 aliphatic rings. The first kappa shape index (κ1) is 18.5. The summed E-state index contributed by atoms with van der Waals surface area (Å²) in [5.41, 5.74) is 1.68. The summed E-state index contributed by atoms with van der Waals surface area (Å²) in [5.74, 6) is 0.549. The molecule has 4 nitrogen and oxygen atoms in total. The standard InChI is InChI=1S/C21H22ClNO3/c1-14(16-3-7-18(22)8-4-16)23(19-9-10-19)21(25)13-26-20-11-5-17(6-12-20)15(2)24/h3-8,11-12,14,19H,9-10,13H2,1-2H3/t14-/m1/s1. The third kappa shape index (κ3) is 4.44. The molecule has 1 saturated carbocycles. The second kappa shape index (κ2) is 7.92. The van der Waals surface area contributed by atoms with E-state index in [1.54, 1.807) is 24.3 Å². The van der Waals surface area contributed by atoms with Gasteiger partial charge in [-0.05, 0) is 68.7 Å². The van der Waals surface area contributed by atoms with Crippen LogP contribution in [-0.4, -0.2) is 29.2 Å². The van der Waals surface area contributed by atoms with Crippen molar-refractivity contribution in [1.82, 2.24) is 4.90 Å². The predicted molar refractivity (Wildman–Crippen MR) is 102 cm³/mol. The summed E-state index contributed by atoms with van der Waals surface area (Å²) in [5, 5.41) is 0.683. The van der Waals surface area contributed by atoms with E-state index < -0.39 is 0 Å². The molecule has 1 amide bonds. The lowest BCUT2D eigenvalue weighted by molar-refractivity contribution is -0.136. The van der Waals surface area contributed by atoms with Gasteiger partial charge in [0.25, 0.3) is 5.91 Å². The molecule has 0 radical (unpaired) electrons. The van der Waals surface area contributed by atoms with Crippen LogP contribution < -0.4 is 4.74 Å². The van der Waals surface area contributed by atoms with Crippen molar-refractivity contribution < 1.29 is 14.3 Å². The van der Waals surface area contributed by atoms with Crippen molar-refractivity contribution in [3.05, 3.63) is 64.7 Å². The van der Waals surface area contributed by atoms with Gasteiger partial charge < -0.3 is 9.64 Å². The van der Waals surface area contributed by atoms with Crippen molar-refractivity contribution in [2.24, 2.45) is 0 Å². The van der Waals surface area contributed by atoms with Gasteiger partial charge in [-0.25, -0.2) is 0 Å². The van der Waals surface area contributed by atoms with Gasteiger partial charge in [0.2, 0.25) is 0 Å². The average Bonchev–Trinajstić information content (AvgIpc) is 3.46. The number of ketones is 1. The summed E-state index contributed by atoms with van der Waals surface area (Å²) < 4.78 is 5.64. The maximum Gasteiger partial charge on any atom is 0.261 e. The fraction of sp³-hybridized carbons (Fsp3) is 0.333. The summed E-state index contributed by atoms with van der Waals surface area (Å²) in [6, 6.07) is 14.7. The quantitative estimate of drug-likeness (QED) is 0.664. The van der Waals surface area contributed by atoms with E-state index in [4.69, 9.17) is 16.3 Å². The number of ether oxygens (including phenoxy) is 1. The molecule has 1 fully saturated rings. The zero-order valence-corrected chi connectivity index (χ0v) is 15.7. The second-order valence-corrected chi connectivity index (χ2v) is 7.07. The molecule has 26 heavy (non-hydrogen) atoms. The maximum absolute atomic E-state index is 12.8. The number of carbonyl (C=O) groups excluding carboxylic acids is 2. The van der Waals surface area contributed by atoms with Gasteiger partial charge in [0.15, 0.2) is 12.4 Å². The Kier molecular flexibility index (Phi) is 5.62. The molecule has 1 atom stereocenters. The molecule has 0 aliphatic heterocycles. The fourth-order valence-electron chi connectivity index (χ4n) is 3.00. The Morgan fingerprint density at radius 3 is 2.27 bits per heavy atom. The molecular formula is C21H22ClNO3. The summed E-state index contributed by atoms with van der Waals surface area (Å²) in [6.07, 6.45) is 2.05. The van der Waals surface area contributed by atoms with Crippen molar-refractivity contribution in [2.45, 2.75) is 38.8 Å². The number of carbonyl (C=O) groups is 2. The highest BCUT2D eigenvalue weighted by molar-refractivity contribution is 6.30. The number of hydrogen-bond donors (Lipinski definition) is 0. The Morgan fingerprint density at radius 2 is 1.73 bits per heavy atom. The van der Waals surface area contributed by atoms with Crippen molar-refractivity contribution >= 4 is 23.3 Å². The van der Waals surface area contributed by atoms with Gasteiger partial charge >= 0.3 is 0 Å². The van der Waals surface area contributed by atoms with Gasteiger partial charge in [-0.15, -0.1) is 0 Å². The Hall–Kier alpha value is -2.33. The summed E-state index contributed by atoms with van der Waals surface area (Å²) in [6.45, 7) is 3.53. The Morgan fingerprint density at radius 1 is 1.12 bits per heavy atom. The lowest BCUT2D eigenvalue weighted by Crippen LogP contribution is -2.38. The number of amides is 1. The van der Waals surface area contributed by atoms with Gasteiger partial charge in [0.1, 0.15) is 5.75 Å². The molecule has 0 aromatic heterocycles. The lowest BCUT2D eigenvalue weighted by Gasteiger charge is -2.30. The normalized spacial score (nSPS) is 14.6. The van der Waals surface area contributed by atoms with Gasteiger partial charge in [0, 0.05) is 16.6 Å². The Balaban J connectivity index is 1.65. The lowest BCUT2D eigenvalue weighted by atomic mass is 10.1. The van der Waals surface area contributed by atoms with E-state index in [0.717, 1.165) is 18.4 Å². The van der Waals surface area contributed by atoms with Crippen molar-refractivity contribution in [1.29, 1.82) is 0 Å². The fourth-order valence-corrected chi connectivity index (χ4v) is 3.12. The third-order valence-electron chi connectivity index (χ3n) is 4.62. The zero-order valence-electron chi connectivity index (χ0n) is 14.9. The first-order valence-electron chi connectivity index (χ1n) is 8.76. The molecule has 136 valence electrons. The van der Waals surface area contributed by atoms with Gasteiger partial charge in [0.05, 0.1) is 6.04 Å². The van der Waals surface area contributed by atoms with Gasteiger partial charge in [-0.3, -0.25) is 9.59 Å². The van der Waals surface area contributed by atoms with E-state index in [9.17, 15) is 9.59 Å². The zero-order chi connectivity index (χ0) is 18.7. The molecule has 0 unspecified atom stereocenters. The molecule has 3 rings (SSSR count). The third-order valence-corrected chi connectivity index (χ3v) is 4.87. The van der Waals surface area contributed by atoms with E-state index in [1.807, 2.05) is 36.1 Å². The minimum Gasteiger partial charge on any atom is -0.484 e. The molecule has 0 bridgehead atoms. The number of rotatable bonds is 7. The number of benzene rings is 2. The van der Waals surface area contributed by atoms with Crippen LogP contribution in [-0.2, 0) is 4.79 Å². The smallest absolute Gasteiger partial charge is 0.261 e. The molecule has 0 heterocycles. The predicted octanol–water partition coefficient (Wildman–Crippen LogP) is 4.67. The van der Waals surface area contributed by atoms with Crippen LogP contribution in [0, 0.1) is 0 Å². The van der Waals surface area contributed by atoms with Crippen LogP contribution in [0.3, 0.4) is 0 Å². The average molecular weight is 372 g/mol. The highest BCUT2D eigenvalue weighted by atomic mass is 35.5. The van der Waals surface area contributed by atoms with Crippen LogP contribution in [0.2, 0.25) is 5.02 Å². The molecule has 2 aromatic rings. The van der Waals surface area contributed by atoms with Crippen molar-refractivity contribution in [3.63, 3.8) is 0 Å². The molecule has 2 aromatic carbocycles. The van der Waals surface area contributed by atoms with Crippen molar-refractivity contribution in [3.8, 4) is 5.75 Å². The van der Waals surface area contributed by atoms with E-state index in [2.05, 4.69) is 0 Å². The largest absolute Gasteiger partial charge is 0.484 e. The molecule has 1 aliphatic carbocycles. The molecule has 0 spiro atoms. The molecule has 0 N–H and O–H groups in total. The first-order valence-corrected chi connectivity index (χ1v) is 9.14. The first-order chi connectivity index (χ1) is 12.5. The minimum atomic E-state index is -0.0365. The summed E-state index contributed by atoms with van der Waals surface area (Å²) in [7, 11) is 0. The molecule has 5 heteroatoms. The van der Waals surface area contributed by atoms with Crippen LogP contribution in [0.5, 0.6) is 5.75 Å². The van der Waals surface area contributed by atoms with Crippen LogP contribution >= 0.6 is 11.6 Å². The molecule has 0 saturated heterocycles. The Bertz CT molecular complexity index is 782. The maximum atomic E-state index is 12.8. The van der Waals surface area contributed by atoms with Crippen LogP contribution in [0.1, 0.15) is 48.7 Å². The topological polar surface area (TPSA) is 46.6 Å². The minimum absolute atomic E-state index is 0.00400. The number of Topliss-reactive ketones (excluding diaryl/α,β-unsaturated/α-hetero) is 1. The van der Waals surface area contributed by atoms with Gasteiger partial charge in [-0.2, -0.15) is 0 Å². The molecular weight excluding hydrogens is 350 g/mol. The summed E-state index contributed by atoms with van der Waals surface area (Å²) in [4.78, 5) is 26.0. The van der Waals surface area contributed by atoms with E-state index in [0.29, 0.717) is 16.3 Å². The van der Waals surface area contributed by atoms with Crippen LogP contribution in [0.25, 0.3) is 0 Å². The highest BCUT2D eigenvalue weighted by Gasteiger charge is 2.36. The van der Waals surface area contributed by atoms with Crippen LogP contribution in [0.15, 0.2) is 48.5 Å². The summed E-state index contributed by atoms with van der Waals surface area (Å²) >= 11 is 5.96.